The van der Waals surface area contributed by atoms with E-state index in [-0.39, 0.29) is 0 Å². The fourth-order valence-corrected chi connectivity index (χ4v) is 1.62. The van der Waals surface area contributed by atoms with Crippen molar-refractivity contribution < 1.29 is 0 Å². The molecular formula is C15H14N2. The summed E-state index contributed by atoms with van der Waals surface area (Å²) in [6, 6.07) is 17.9. The first kappa shape index (κ1) is 11.2. The molecule has 0 radical (unpaired) electrons. The summed E-state index contributed by atoms with van der Waals surface area (Å²) in [5, 5.41) is 12.0. The molecule has 0 unspecified atom stereocenters. The van der Waals surface area contributed by atoms with E-state index in [9.17, 15) is 0 Å². The molecule has 2 nitrogen and oxygen atoms in total. The highest BCUT2D eigenvalue weighted by Gasteiger charge is 1.95. The summed E-state index contributed by atoms with van der Waals surface area (Å²) in [4.78, 5) is 0. The third-order valence-corrected chi connectivity index (χ3v) is 2.66. The molecule has 0 aromatic heterocycles. The van der Waals surface area contributed by atoms with Gasteiger partial charge in [0, 0.05) is 11.4 Å². The lowest BCUT2D eigenvalue weighted by molar-refractivity contribution is 1.14. The molecule has 0 amide bonds. The van der Waals surface area contributed by atoms with Crippen LogP contribution in [0.15, 0.2) is 48.5 Å². The third kappa shape index (κ3) is 2.85. The van der Waals surface area contributed by atoms with Gasteiger partial charge in [0.25, 0.3) is 0 Å². The predicted octanol–water partition coefficient (Wildman–Crippen LogP) is 3.86. The van der Waals surface area contributed by atoms with Gasteiger partial charge in [-0.2, -0.15) is 5.26 Å². The third-order valence-electron chi connectivity index (χ3n) is 2.66. The average molecular weight is 222 g/mol. The summed E-state index contributed by atoms with van der Waals surface area (Å²) in [6.07, 6.45) is 1.05. The van der Waals surface area contributed by atoms with Crippen LogP contribution >= 0.6 is 0 Å². The van der Waals surface area contributed by atoms with Crippen molar-refractivity contribution in [2.24, 2.45) is 0 Å². The standard InChI is InChI=1S/C15H14N2/c1-2-12-3-7-14(8-4-12)17-15-9-5-13(11-16)6-10-15/h3-10,17H,2H2,1H3. The highest BCUT2D eigenvalue weighted by molar-refractivity contribution is 5.60. The summed E-state index contributed by atoms with van der Waals surface area (Å²) in [5.74, 6) is 0. The van der Waals surface area contributed by atoms with Crippen molar-refractivity contribution in [3.8, 4) is 6.07 Å². The lowest BCUT2D eigenvalue weighted by Crippen LogP contribution is -1.90. The fraction of sp³-hybridized carbons (Fsp3) is 0.133. The van der Waals surface area contributed by atoms with Crippen LogP contribution in [-0.4, -0.2) is 0 Å². The SMILES string of the molecule is CCc1ccc(Nc2ccc(C#N)cc2)cc1. The van der Waals surface area contributed by atoms with Crippen LogP contribution in [0.5, 0.6) is 0 Å². The van der Waals surface area contributed by atoms with E-state index in [1.165, 1.54) is 5.56 Å². The van der Waals surface area contributed by atoms with E-state index in [1.54, 1.807) is 0 Å². The maximum Gasteiger partial charge on any atom is 0.0991 e. The minimum Gasteiger partial charge on any atom is -0.356 e. The van der Waals surface area contributed by atoms with Gasteiger partial charge in [-0.25, -0.2) is 0 Å². The molecule has 0 aliphatic rings. The second kappa shape index (κ2) is 5.18. The first-order chi connectivity index (χ1) is 8.31. The summed E-state index contributed by atoms with van der Waals surface area (Å²) >= 11 is 0. The highest BCUT2D eigenvalue weighted by Crippen LogP contribution is 2.17. The molecular weight excluding hydrogens is 208 g/mol. The Balaban J connectivity index is 2.11. The molecule has 0 saturated carbocycles. The number of nitrogens with one attached hydrogen (secondary N) is 1. The molecule has 0 spiro atoms. The molecule has 0 atom stereocenters. The van der Waals surface area contributed by atoms with Crippen LogP contribution in [0.4, 0.5) is 11.4 Å². The van der Waals surface area contributed by atoms with Crippen LogP contribution in [-0.2, 0) is 6.42 Å². The van der Waals surface area contributed by atoms with Crippen molar-refractivity contribution >= 4 is 11.4 Å². The minimum atomic E-state index is 0.678. The van der Waals surface area contributed by atoms with E-state index >= 15 is 0 Å². The average Bonchev–Trinajstić information content (AvgIpc) is 2.40. The second-order valence-corrected chi connectivity index (χ2v) is 3.86. The lowest BCUT2D eigenvalue weighted by Gasteiger charge is -2.06. The van der Waals surface area contributed by atoms with E-state index in [2.05, 4.69) is 42.6 Å². The topological polar surface area (TPSA) is 35.8 Å². The number of hydrogen-bond donors (Lipinski definition) is 1. The molecule has 0 bridgehead atoms. The van der Waals surface area contributed by atoms with Crippen molar-refractivity contribution in [2.45, 2.75) is 13.3 Å². The van der Waals surface area contributed by atoms with Gasteiger partial charge in [0.2, 0.25) is 0 Å². The van der Waals surface area contributed by atoms with Gasteiger partial charge < -0.3 is 5.32 Å². The van der Waals surface area contributed by atoms with Gasteiger partial charge in [-0.3, -0.25) is 0 Å². The Kier molecular flexibility index (Phi) is 3.42. The summed E-state index contributed by atoms with van der Waals surface area (Å²) in [6.45, 7) is 2.14. The minimum absolute atomic E-state index is 0.678. The predicted molar refractivity (Wildman–Crippen MR) is 70.3 cm³/mol. The molecule has 2 rings (SSSR count). The number of anilines is 2. The number of rotatable bonds is 3. The Bertz CT molecular complexity index is 518. The Morgan fingerprint density at radius 1 is 0.941 bits per heavy atom. The first-order valence-electron chi connectivity index (χ1n) is 5.68. The Labute approximate surface area is 102 Å². The normalized spacial score (nSPS) is 9.65. The van der Waals surface area contributed by atoms with Crippen LogP contribution in [0.25, 0.3) is 0 Å². The fourth-order valence-electron chi connectivity index (χ4n) is 1.62. The van der Waals surface area contributed by atoms with Gasteiger partial charge in [0.05, 0.1) is 11.6 Å². The Morgan fingerprint density at radius 2 is 1.47 bits per heavy atom. The maximum absolute atomic E-state index is 8.71. The zero-order valence-corrected chi connectivity index (χ0v) is 9.77. The van der Waals surface area contributed by atoms with Crippen LogP contribution in [0.3, 0.4) is 0 Å². The van der Waals surface area contributed by atoms with Gasteiger partial charge in [-0.15, -0.1) is 0 Å². The zero-order chi connectivity index (χ0) is 12.1. The van der Waals surface area contributed by atoms with E-state index in [0.717, 1.165) is 17.8 Å². The molecule has 17 heavy (non-hydrogen) atoms. The van der Waals surface area contributed by atoms with Crippen LogP contribution in [0.2, 0.25) is 0 Å². The van der Waals surface area contributed by atoms with Crippen molar-refractivity contribution in [3.63, 3.8) is 0 Å². The highest BCUT2D eigenvalue weighted by atomic mass is 14.9. The molecule has 2 aromatic rings. The van der Waals surface area contributed by atoms with Crippen LogP contribution in [0, 0.1) is 11.3 Å². The quantitative estimate of drug-likeness (QED) is 0.855. The summed E-state index contributed by atoms with van der Waals surface area (Å²) in [5.41, 5.74) is 4.06. The van der Waals surface area contributed by atoms with Crippen molar-refractivity contribution in [1.82, 2.24) is 0 Å². The zero-order valence-electron chi connectivity index (χ0n) is 9.77. The number of nitrogens with zero attached hydrogens (tertiary/aromatic N) is 1. The second-order valence-electron chi connectivity index (χ2n) is 3.86. The van der Waals surface area contributed by atoms with Crippen LogP contribution < -0.4 is 5.32 Å². The van der Waals surface area contributed by atoms with Crippen LogP contribution in [0.1, 0.15) is 18.1 Å². The van der Waals surface area contributed by atoms with E-state index in [1.807, 2.05) is 24.3 Å². The molecule has 84 valence electrons. The van der Waals surface area contributed by atoms with Crippen molar-refractivity contribution in [2.75, 3.05) is 5.32 Å². The Hall–Kier alpha value is -2.27. The molecule has 0 saturated heterocycles. The van der Waals surface area contributed by atoms with E-state index < -0.39 is 0 Å². The Morgan fingerprint density at radius 3 is 1.94 bits per heavy atom. The first-order valence-corrected chi connectivity index (χ1v) is 5.68. The van der Waals surface area contributed by atoms with E-state index in [0.29, 0.717) is 5.56 Å². The van der Waals surface area contributed by atoms with Gasteiger partial charge >= 0.3 is 0 Å². The largest absolute Gasteiger partial charge is 0.356 e. The van der Waals surface area contributed by atoms with Gasteiger partial charge in [-0.05, 0) is 48.4 Å². The van der Waals surface area contributed by atoms with Gasteiger partial charge in [0.15, 0.2) is 0 Å². The smallest absolute Gasteiger partial charge is 0.0991 e. The maximum atomic E-state index is 8.71. The molecule has 0 aliphatic carbocycles. The van der Waals surface area contributed by atoms with E-state index in [4.69, 9.17) is 5.26 Å². The van der Waals surface area contributed by atoms with Gasteiger partial charge in [-0.1, -0.05) is 19.1 Å². The van der Waals surface area contributed by atoms with Crippen molar-refractivity contribution in [3.05, 3.63) is 59.7 Å². The number of aryl methyl sites for hydroxylation is 1. The number of benzene rings is 2. The number of nitriles is 1. The molecule has 0 aliphatic heterocycles. The van der Waals surface area contributed by atoms with Crippen molar-refractivity contribution in [1.29, 1.82) is 5.26 Å². The monoisotopic (exact) mass is 222 g/mol. The molecule has 1 N–H and O–H groups in total. The van der Waals surface area contributed by atoms with Gasteiger partial charge in [0.1, 0.15) is 0 Å². The lowest BCUT2D eigenvalue weighted by atomic mass is 10.1. The summed E-state index contributed by atoms with van der Waals surface area (Å²) in [7, 11) is 0. The molecule has 2 aromatic carbocycles. The molecule has 2 heteroatoms. The molecule has 0 fully saturated rings. The molecule has 0 heterocycles. The summed E-state index contributed by atoms with van der Waals surface area (Å²) < 4.78 is 0. The number of hydrogen-bond acceptors (Lipinski definition) is 2.